The largest absolute Gasteiger partial charge is 0.481 e. The van der Waals surface area contributed by atoms with Gasteiger partial charge < -0.3 is 20.4 Å². The lowest BCUT2D eigenvalue weighted by molar-refractivity contribution is -0.148. The van der Waals surface area contributed by atoms with Crippen LogP contribution in [0.15, 0.2) is 35.5 Å². The molecule has 7 nitrogen and oxygen atoms in total. The molecule has 242 valence electrons. The number of aliphatic hydroxyl groups excluding tert-OH is 3. The third-order valence-corrected chi connectivity index (χ3v) is 8.68. The Bertz CT molecular complexity index is 918. The zero-order valence-electron chi connectivity index (χ0n) is 27.7. The van der Waals surface area contributed by atoms with Crippen LogP contribution < -0.4 is 0 Å². The van der Waals surface area contributed by atoms with E-state index in [-0.39, 0.29) is 23.9 Å². The molecule has 7 heteroatoms. The smallest absolute Gasteiger partial charge is 0.308 e. The van der Waals surface area contributed by atoms with Crippen molar-refractivity contribution in [2.24, 2.45) is 35.5 Å². The summed E-state index contributed by atoms with van der Waals surface area (Å²) in [5.41, 5.74) is 2.55. The van der Waals surface area contributed by atoms with E-state index in [1.54, 1.807) is 20.8 Å². The Balaban J connectivity index is 4.67. The van der Waals surface area contributed by atoms with Crippen molar-refractivity contribution in [2.45, 2.75) is 132 Å². The van der Waals surface area contributed by atoms with E-state index in [4.69, 9.17) is 5.11 Å². The summed E-state index contributed by atoms with van der Waals surface area (Å²) in [6.45, 7) is 16.7. The van der Waals surface area contributed by atoms with E-state index >= 15 is 0 Å². The summed E-state index contributed by atoms with van der Waals surface area (Å²) < 4.78 is 0. The first-order chi connectivity index (χ1) is 19.5. The fourth-order valence-electron chi connectivity index (χ4n) is 5.15. The van der Waals surface area contributed by atoms with Crippen molar-refractivity contribution < 1.29 is 34.8 Å². The first-order valence-electron chi connectivity index (χ1n) is 15.8. The van der Waals surface area contributed by atoms with Gasteiger partial charge in [-0.1, -0.05) is 77.0 Å². The molecule has 0 rings (SSSR count). The van der Waals surface area contributed by atoms with E-state index in [2.05, 4.69) is 45.1 Å². The van der Waals surface area contributed by atoms with E-state index in [1.165, 1.54) is 12.5 Å². The molecule has 0 aromatic rings. The Morgan fingerprint density at radius 3 is 1.98 bits per heavy atom. The molecule has 0 heterocycles. The van der Waals surface area contributed by atoms with E-state index in [1.807, 2.05) is 13.8 Å². The Morgan fingerprint density at radius 1 is 0.810 bits per heavy atom. The van der Waals surface area contributed by atoms with Crippen molar-refractivity contribution >= 4 is 17.5 Å². The molecule has 0 aliphatic heterocycles. The summed E-state index contributed by atoms with van der Waals surface area (Å²) in [4.78, 5) is 35.1. The van der Waals surface area contributed by atoms with Gasteiger partial charge in [-0.15, -0.1) is 0 Å². The minimum absolute atomic E-state index is 0.0909. The number of carboxylic acids is 1. The van der Waals surface area contributed by atoms with Crippen LogP contribution in [0.5, 0.6) is 0 Å². The van der Waals surface area contributed by atoms with Crippen LogP contribution in [0.3, 0.4) is 0 Å². The number of carbonyl (C=O) groups excluding carboxylic acids is 2. The number of rotatable bonds is 22. The molecule has 0 radical (unpaired) electrons. The highest BCUT2D eigenvalue weighted by Crippen LogP contribution is 2.25. The molecule has 0 spiro atoms. The predicted octanol–water partition coefficient (Wildman–Crippen LogP) is 6.70. The second-order valence-corrected chi connectivity index (χ2v) is 12.8. The van der Waals surface area contributed by atoms with Gasteiger partial charge in [0.1, 0.15) is 11.6 Å². The molecular formula is C35H60O7. The molecule has 0 aliphatic carbocycles. The van der Waals surface area contributed by atoms with E-state index in [9.17, 15) is 29.7 Å². The third-order valence-electron chi connectivity index (χ3n) is 8.68. The molecule has 0 bridgehead atoms. The maximum atomic E-state index is 12.5. The Morgan fingerprint density at radius 2 is 1.43 bits per heavy atom. The second-order valence-electron chi connectivity index (χ2n) is 12.8. The van der Waals surface area contributed by atoms with Gasteiger partial charge in [-0.3, -0.25) is 14.4 Å². The fourth-order valence-corrected chi connectivity index (χ4v) is 5.15. The molecule has 0 aromatic heterocycles. The first kappa shape index (κ1) is 39.9. The van der Waals surface area contributed by atoms with E-state index < -0.39 is 42.0 Å². The van der Waals surface area contributed by atoms with Gasteiger partial charge in [-0.05, 0) is 71.1 Å². The fraction of sp³-hybridized carbons (Fsp3) is 0.743. The molecule has 0 amide bonds. The van der Waals surface area contributed by atoms with Gasteiger partial charge in [0.25, 0.3) is 0 Å². The van der Waals surface area contributed by atoms with Gasteiger partial charge in [0, 0.05) is 30.6 Å². The van der Waals surface area contributed by atoms with Crippen LogP contribution in [0.25, 0.3) is 0 Å². The van der Waals surface area contributed by atoms with Crippen LogP contribution in [0.2, 0.25) is 0 Å². The molecule has 9 atom stereocenters. The van der Waals surface area contributed by atoms with Gasteiger partial charge in [0.2, 0.25) is 0 Å². The van der Waals surface area contributed by atoms with Crippen LogP contribution in [0.4, 0.5) is 0 Å². The summed E-state index contributed by atoms with van der Waals surface area (Å²) in [7, 11) is 0. The maximum Gasteiger partial charge on any atom is 0.308 e. The van der Waals surface area contributed by atoms with Crippen molar-refractivity contribution in [1.82, 2.24) is 0 Å². The highest BCUT2D eigenvalue weighted by molar-refractivity contribution is 5.79. The highest BCUT2D eigenvalue weighted by atomic mass is 16.4. The van der Waals surface area contributed by atoms with Gasteiger partial charge in [0.05, 0.1) is 24.2 Å². The molecule has 4 N–H and O–H groups in total. The van der Waals surface area contributed by atoms with Crippen molar-refractivity contribution in [2.75, 3.05) is 0 Å². The quantitative estimate of drug-likeness (QED) is 0.103. The molecule has 0 unspecified atom stereocenters. The normalized spacial score (nSPS) is 19.4. The summed E-state index contributed by atoms with van der Waals surface area (Å²) in [5, 5.41) is 40.4. The average molecular weight is 593 g/mol. The van der Waals surface area contributed by atoms with Gasteiger partial charge in [-0.25, -0.2) is 0 Å². The number of ketones is 2. The molecule has 42 heavy (non-hydrogen) atoms. The highest BCUT2D eigenvalue weighted by Gasteiger charge is 2.35. The number of aliphatic carboxylic acids is 1. The van der Waals surface area contributed by atoms with Crippen molar-refractivity contribution in [1.29, 1.82) is 0 Å². The predicted molar refractivity (Wildman–Crippen MR) is 170 cm³/mol. The number of hydrogen-bond donors (Lipinski definition) is 4. The number of aliphatic hydroxyl groups is 3. The standard InChI is InChI=1S/C35H60O7/c1-10-30(20-24(4)15-11-14-23(3)19-25(5)29(9)36)16-12-13-22(2)17-18-31(37)21-32(38)26(6)33(39)27(7)34(40)28(8)35(41)42/h11,13-14,20,23-28,32-34,38-40H,10,12,15-19,21H2,1-9H3,(H,41,42)/b14-11+,22-13+,30-20+/t23-,24+,25-,26-,27-,28+,32+,33+,34-/m1/s1. The molecule has 0 aliphatic rings. The third kappa shape index (κ3) is 15.9. The molecule has 0 saturated carbocycles. The van der Waals surface area contributed by atoms with Crippen molar-refractivity contribution in [3.8, 4) is 0 Å². The van der Waals surface area contributed by atoms with Crippen LogP contribution >= 0.6 is 0 Å². The average Bonchev–Trinajstić information content (AvgIpc) is 2.92. The Kier molecular flexibility index (Phi) is 19.7. The lowest BCUT2D eigenvalue weighted by atomic mass is 9.81. The summed E-state index contributed by atoms with van der Waals surface area (Å²) in [6, 6.07) is 0. The lowest BCUT2D eigenvalue weighted by Gasteiger charge is -2.32. The molecule has 0 saturated heterocycles. The second kappa shape index (κ2) is 20.8. The molecule has 0 fully saturated rings. The number of hydrogen-bond acceptors (Lipinski definition) is 6. The monoisotopic (exact) mass is 592 g/mol. The topological polar surface area (TPSA) is 132 Å². The van der Waals surface area contributed by atoms with E-state index in [0.717, 1.165) is 37.7 Å². The number of carbonyl (C=O) groups is 3. The summed E-state index contributed by atoms with van der Waals surface area (Å²) >= 11 is 0. The SMILES string of the molecule is CC/C(=C\[C@@H](C)C/C=C/[C@@H](C)C[C@@H](C)C(C)=O)CC/C=C(\C)CCC(=O)C[C@H](O)[C@@H](C)[C@H](O)[C@@H](C)[C@@H](O)[C@H](C)C(=O)O. The number of Topliss-reactive ketones (excluding diaryl/α,β-unsaturated/α-hetero) is 2. The number of carboxylic acid groups (broad SMARTS) is 1. The minimum atomic E-state index is -1.26. The van der Waals surface area contributed by atoms with Gasteiger partial charge >= 0.3 is 5.97 Å². The van der Waals surface area contributed by atoms with Crippen LogP contribution in [-0.2, 0) is 14.4 Å². The summed E-state index contributed by atoms with van der Waals surface area (Å²) in [5.74, 6) is -2.58. The van der Waals surface area contributed by atoms with Gasteiger partial charge in [-0.2, -0.15) is 0 Å². The van der Waals surface area contributed by atoms with Crippen LogP contribution in [-0.4, -0.2) is 56.3 Å². The van der Waals surface area contributed by atoms with Crippen molar-refractivity contribution in [3.05, 3.63) is 35.5 Å². The number of allylic oxidation sites excluding steroid dienone is 6. The minimum Gasteiger partial charge on any atom is -0.481 e. The zero-order valence-corrected chi connectivity index (χ0v) is 27.7. The van der Waals surface area contributed by atoms with Crippen LogP contribution in [0.1, 0.15) is 114 Å². The van der Waals surface area contributed by atoms with E-state index in [0.29, 0.717) is 24.7 Å². The molecular weight excluding hydrogens is 532 g/mol. The van der Waals surface area contributed by atoms with Crippen LogP contribution in [0, 0.1) is 35.5 Å². The Labute approximate surface area is 255 Å². The van der Waals surface area contributed by atoms with Gasteiger partial charge in [0.15, 0.2) is 0 Å². The lowest BCUT2D eigenvalue weighted by Crippen LogP contribution is -2.43. The summed E-state index contributed by atoms with van der Waals surface area (Å²) in [6.07, 6.45) is 11.1. The Hall–Kier alpha value is -2.09. The maximum absolute atomic E-state index is 12.5. The zero-order chi connectivity index (χ0) is 32.6. The molecule has 0 aromatic carbocycles. The first-order valence-corrected chi connectivity index (χ1v) is 15.8. The van der Waals surface area contributed by atoms with Crippen molar-refractivity contribution in [3.63, 3.8) is 0 Å².